The largest absolute Gasteiger partial charge is 0.489 e. The van der Waals surface area contributed by atoms with E-state index in [0.29, 0.717) is 19.6 Å². The van der Waals surface area contributed by atoms with Gasteiger partial charge in [0.15, 0.2) is 0 Å². The molecule has 5 heteroatoms. The number of ether oxygens (including phenoxy) is 1. The van der Waals surface area contributed by atoms with Gasteiger partial charge < -0.3 is 14.2 Å². The van der Waals surface area contributed by atoms with Crippen molar-refractivity contribution in [1.82, 2.24) is 9.47 Å². The van der Waals surface area contributed by atoms with Crippen LogP contribution in [0.5, 0.6) is 5.75 Å². The van der Waals surface area contributed by atoms with Crippen molar-refractivity contribution in [2.24, 2.45) is 0 Å². The lowest BCUT2D eigenvalue weighted by atomic mass is 9.87. The van der Waals surface area contributed by atoms with Crippen molar-refractivity contribution in [1.29, 1.82) is 0 Å². The summed E-state index contributed by atoms with van der Waals surface area (Å²) in [7, 11) is 0. The number of carbonyl (C=O) groups is 1. The third kappa shape index (κ3) is 6.35. The Morgan fingerprint density at radius 3 is 2.37 bits per heavy atom. The molecule has 0 saturated carbocycles. The molecular formula is C36H35FN2O2. The van der Waals surface area contributed by atoms with E-state index < -0.39 is 0 Å². The van der Waals surface area contributed by atoms with E-state index in [1.165, 1.54) is 18.6 Å². The molecule has 0 aliphatic carbocycles. The van der Waals surface area contributed by atoms with Gasteiger partial charge in [-0.3, -0.25) is 4.79 Å². The van der Waals surface area contributed by atoms with Crippen LogP contribution in [0.15, 0.2) is 109 Å². The Labute approximate surface area is 241 Å². The Kier molecular flexibility index (Phi) is 8.13. The maximum Gasteiger partial charge on any atom is 0.223 e. The Bertz CT molecular complexity index is 1600. The van der Waals surface area contributed by atoms with Gasteiger partial charge in [0.1, 0.15) is 18.2 Å². The molecule has 1 unspecified atom stereocenters. The molecule has 1 fully saturated rings. The van der Waals surface area contributed by atoms with Gasteiger partial charge in [0.25, 0.3) is 0 Å². The Morgan fingerprint density at radius 1 is 0.805 bits per heavy atom. The SMILES string of the molecule is O=C(CC(c1cccc(OCc2ccccc2)c1)c1cn(Cc2ccc(F)cc2)c2ccccc12)N1CCCCC1. The molecule has 5 aromatic rings. The number of hydrogen-bond acceptors (Lipinski definition) is 2. The van der Waals surface area contributed by atoms with Gasteiger partial charge in [0.05, 0.1) is 0 Å². The molecule has 4 nitrogen and oxygen atoms in total. The zero-order chi connectivity index (χ0) is 28.0. The first-order valence-corrected chi connectivity index (χ1v) is 14.5. The number of piperidine rings is 1. The van der Waals surface area contributed by atoms with Crippen molar-refractivity contribution in [3.63, 3.8) is 0 Å². The second-order valence-electron chi connectivity index (χ2n) is 10.9. The number of nitrogens with zero attached hydrogens (tertiary/aromatic N) is 2. The van der Waals surface area contributed by atoms with Gasteiger partial charge in [-0.1, -0.05) is 72.8 Å². The zero-order valence-corrected chi connectivity index (χ0v) is 23.2. The third-order valence-electron chi connectivity index (χ3n) is 8.06. The number of benzene rings is 4. The normalized spacial score (nSPS) is 14.2. The van der Waals surface area contributed by atoms with E-state index in [9.17, 15) is 9.18 Å². The number of fused-ring (bicyclic) bond motifs is 1. The van der Waals surface area contributed by atoms with Gasteiger partial charge in [-0.2, -0.15) is 0 Å². The summed E-state index contributed by atoms with van der Waals surface area (Å²) in [5.74, 6) is 0.610. The highest BCUT2D eigenvalue weighted by Gasteiger charge is 2.26. The molecule has 2 heterocycles. The third-order valence-corrected chi connectivity index (χ3v) is 8.06. The Morgan fingerprint density at radius 2 is 1.56 bits per heavy atom. The molecule has 1 saturated heterocycles. The van der Waals surface area contributed by atoms with Crippen LogP contribution < -0.4 is 4.74 Å². The van der Waals surface area contributed by atoms with Gasteiger partial charge in [-0.25, -0.2) is 4.39 Å². The minimum Gasteiger partial charge on any atom is -0.489 e. The molecule has 1 aliphatic rings. The van der Waals surface area contributed by atoms with Gasteiger partial charge >= 0.3 is 0 Å². The summed E-state index contributed by atoms with van der Waals surface area (Å²) in [6.07, 6.45) is 5.89. The second kappa shape index (κ2) is 12.4. The van der Waals surface area contributed by atoms with Crippen LogP contribution in [-0.2, 0) is 17.9 Å². The maximum absolute atomic E-state index is 13.7. The minimum absolute atomic E-state index is 0.135. The van der Waals surface area contributed by atoms with Crippen LogP contribution in [0.25, 0.3) is 10.9 Å². The fourth-order valence-corrected chi connectivity index (χ4v) is 5.89. The first kappa shape index (κ1) is 26.8. The van der Waals surface area contributed by atoms with E-state index in [1.54, 1.807) is 0 Å². The maximum atomic E-state index is 13.7. The number of rotatable bonds is 9. The average Bonchev–Trinajstić information content (AvgIpc) is 3.38. The average molecular weight is 547 g/mol. The molecule has 208 valence electrons. The van der Waals surface area contributed by atoms with Crippen molar-refractivity contribution in [2.45, 2.75) is 44.8 Å². The van der Waals surface area contributed by atoms with E-state index >= 15 is 0 Å². The van der Waals surface area contributed by atoms with Crippen LogP contribution in [0.4, 0.5) is 4.39 Å². The first-order valence-electron chi connectivity index (χ1n) is 14.5. The molecule has 1 amide bonds. The molecule has 41 heavy (non-hydrogen) atoms. The zero-order valence-electron chi connectivity index (χ0n) is 23.2. The summed E-state index contributed by atoms with van der Waals surface area (Å²) >= 11 is 0. The lowest BCUT2D eigenvalue weighted by Gasteiger charge is -2.29. The van der Waals surface area contributed by atoms with Crippen molar-refractivity contribution in [3.05, 3.63) is 137 Å². The Hall–Kier alpha value is -4.38. The predicted octanol–water partition coefficient (Wildman–Crippen LogP) is 7.94. The van der Waals surface area contributed by atoms with E-state index in [4.69, 9.17) is 4.74 Å². The number of amides is 1. The molecule has 6 rings (SSSR count). The second-order valence-corrected chi connectivity index (χ2v) is 10.9. The molecule has 0 spiro atoms. The van der Waals surface area contributed by atoms with Crippen molar-refractivity contribution >= 4 is 16.8 Å². The monoisotopic (exact) mass is 546 g/mol. The number of aromatic nitrogens is 1. The van der Waals surface area contributed by atoms with E-state index in [0.717, 1.165) is 64.8 Å². The number of para-hydroxylation sites is 1. The van der Waals surface area contributed by atoms with Gasteiger partial charge in [-0.15, -0.1) is 0 Å². The molecule has 0 radical (unpaired) electrons. The van der Waals surface area contributed by atoms with Crippen LogP contribution in [0.1, 0.15) is 53.9 Å². The number of hydrogen-bond donors (Lipinski definition) is 0. The van der Waals surface area contributed by atoms with Gasteiger partial charge in [0.2, 0.25) is 5.91 Å². The van der Waals surface area contributed by atoms with Gasteiger partial charge in [0, 0.05) is 49.1 Å². The highest BCUT2D eigenvalue weighted by Crippen LogP contribution is 2.37. The Balaban J connectivity index is 1.36. The fraction of sp³-hybridized carbons (Fsp3) is 0.250. The van der Waals surface area contributed by atoms with Crippen LogP contribution >= 0.6 is 0 Å². The predicted molar refractivity (Wildman–Crippen MR) is 162 cm³/mol. The molecule has 1 aliphatic heterocycles. The molecule has 0 N–H and O–H groups in total. The van der Waals surface area contributed by atoms with Gasteiger partial charge in [-0.05, 0) is 71.8 Å². The lowest BCUT2D eigenvalue weighted by molar-refractivity contribution is -0.132. The van der Waals surface area contributed by atoms with E-state index in [2.05, 4.69) is 53.2 Å². The number of carbonyl (C=O) groups excluding carboxylic acids is 1. The highest BCUT2D eigenvalue weighted by atomic mass is 19.1. The summed E-state index contributed by atoms with van der Waals surface area (Å²) in [5, 5.41) is 1.13. The molecule has 1 aromatic heterocycles. The lowest BCUT2D eigenvalue weighted by Crippen LogP contribution is -2.36. The quantitative estimate of drug-likeness (QED) is 0.188. The summed E-state index contributed by atoms with van der Waals surface area (Å²) < 4.78 is 22.0. The smallest absolute Gasteiger partial charge is 0.223 e. The van der Waals surface area contributed by atoms with Crippen molar-refractivity contribution in [2.75, 3.05) is 13.1 Å². The van der Waals surface area contributed by atoms with E-state index in [1.807, 2.05) is 53.4 Å². The molecule has 1 atom stereocenters. The summed E-state index contributed by atoms with van der Waals surface area (Å²) in [4.78, 5) is 15.7. The molecule has 4 aromatic carbocycles. The fourth-order valence-electron chi connectivity index (χ4n) is 5.89. The minimum atomic E-state index is -0.238. The molecular weight excluding hydrogens is 511 g/mol. The topological polar surface area (TPSA) is 34.5 Å². The van der Waals surface area contributed by atoms with Crippen LogP contribution in [0.3, 0.4) is 0 Å². The number of likely N-dealkylation sites (tertiary alicyclic amines) is 1. The standard InChI is InChI=1S/C36H35FN2O2/c37-30-18-16-27(17-19-30)24-39-25-34(32-14-5-6-15-35(32)39)33(23-36(40)38-20-7-2-8-21-38)29-12-9-13-31(22-29)41-26-28-10-3-1-4-11-28/h1,3-6,9-19,22,25,33H,2,7-8,20-21,23-24,26H2. The van der Waals surface area contributed by atoms with Crippen LogP contribution in [0.2, 0.25) is 0 Å². The summed E-state index contributed by atoms with van der Waals surface area (Å²) in [5.41, 5.74) is 5.41. The van der Waals surface area contributed by atoms with Crippen LogP contribution in [0, 0.1) is 5.82 Å². The number of halogens is 1. The highest BCUT2D eigenvalue weighted by molar-refractivity contribution is 5.87. The summed E-state index contributed by atoms with van der Waals surface area (Å²) in [6, 6.07) is 33.3. The van der Waals surface area contributed by atoms with Crippen molar-refractivity contribution < 1.29 is 13.9 Å². The molecule has 0 bridgehead atoms. The first-order chi connectivity index (χ1) is 20.1. The van der Waals surface area contributed by atoms with E-state index in [-0.39, 0.29) is 17.6 Å². The summed E-state index contributed by atoms with van der Waals surface area (Å²) in [6.45, 7) is 2.77. The van der Waals surface area contributed by atoms with Crippen LogP contribution in [-0.4, -0.2) is 28.5 Å². The van der Waals surface area contributed by atoms with Crippen molar-refractivity contribution in [3.8, 4) is 5.75 Å².